The summed E-state index contributed by atoms with van der Waals surface area (Å²) in [6.07, 6.45) is 26.9. The molecule has 1 aromatic rings. The van der Waals surface area contributed by atoms with Crippen LogP contribution >= 0.6 is 0 Å². The van der Waals surface area contributed by atoms with Gasteiger partial charge < -0.3 is 9.67 Å². The van der Waals surface area contributed by atoms with Crippen molar-refractivity contribution in [1.82, 2.24) is 4.57 Å². The molecule has 0 saturated heterocycles. The molecular formula is C25H43NO2. The van der Waals surface area contributed by atoms with Crippen molar-refractivity contribution < 1.29 is 5.11 Å². The van der Waals surface area contributed by atoms with Gasteiger partial charge in [0.2, 0.25) is 5.43 Å². The fourth-order valence-electron chi connectivity index (χ4n) is 3.72. The number of hydrogen-bond donors (Lipinski definition) is 1. The number of allylic oxidation sites excluding steroid dienone is 1. The number of unbranched alkanes of at least 4 members (excludes halogenated alkanes) is 14. The first kappa shape index (κ1) is 24.5. The Balaban J connectivity index is 1.98. The fraction of sp³-hybridized carbons (Fsp3) is 0.720. The Morgan fingerprint density at radius 1 is 0.821 bits per heavy atom. The van der Waals surface area contributed by atoms with Gasteiger partial charge in [-0.3, -0.25) is 4.79 Å². The lowest BCUT2D eigenvalue weighted by atomic mass is 10.0. The molecule has 0 aromatic carbocycles. The molecule has 1 heterocycles. The summed E-state index contributed by atoms with van der Waals surface area (Å²) in [5.74, 6) is -0.119. The van der Waals surface area contributed by atoms with Crippen molar-refractivity contribution in [3.05, 3.63) is 34.3 Å². The molecule has 0 bridgehead atoms. The summed E-state index contributed by atoms with van der Waals surface area (Å²) < 4.78 is 1.86. The van der Waals surface area contributed by atoms with Gasteiger partial charge in [-0.05, 0) is 19.3 Å². The molecule has 28 heavy (non-hydrogen) atoms. The molecule has 0 amide bonds. The minimum Gasteiger partial charge on any atom is -0.503 e. The molecule has 0 aliphatic carbocycles. The molecule has 0 unspecified atom stereocenters. The van der Waals surface area contributed by atoms with E-state index in [1.54, 1.807) is 6.20 Å². The van der Waals surface area contributed by atoms with Gasteiger partial charge in [-0.1, -0.05) is 103 Å². The van der Waals surface area contributed by atoms with Gasteiger partial charge in [-0.15, -0.1) is 0 Å². The highest BCUT2D eigenvalue weighted by Gasteiger charge is 2.05. The van der Waals surface area contributed by atoms with E-state index >= 15 is 0 Å². The third kappa shape index (κ3) is 10.7. The first-order valence-corrected chi connectivity index (χ1v) is 11.8. The molecule has 0 spiro atoms. The normalized spacial score (nSPS) is 11.5. The van der Waals surface area contributed by atoms with E-state index in [-0.39, 0.29) is 11.2 Å². The Bertz CT molecular complexity index is 589. The maximum absolute atomic E-state index is 11.5. The summed E-state index contributed by atoms with van der Waals surface area (Å²) in [7, 11) is 0. The molecule has 1 aromatic heterocycles. The summed E-state index contributed by atoms with van der Waals surface area (Å²) in [6.45, 7) is 4.23. The van der Waals surface area contributed by atoms with Crippen LogP contribution in [0.25, 0.3) is 6.20 Å². The average Bonchev–Trinajstić information content (AvgIpc) is 2.70. The van der Waals surface area contributed by atoms with E-state index in [4.69, 9.17) is 0 Å². The van der Waals surface area contributed by atoms with Crippen LogP contribution in [-0.2, 0) is 6.42 Å². The number of rotatable bonds is 17. The van der Waals surface area contributed by atoms with E-state index in [1.165, 1.54) is 96.0 Å². The first-order valence-electron chi connectivity index (χ1n) is 11.8. The van der Waals surface area contributed by atoms with Gasteiger partial charge in [-0.2, -0.15) is 0 Å². The van der Waals surface area contributed by atoms with Crippen LogP contribution in [0.15, 0.2) is 23.1 Å². The zero-order valence-electron chi connectivity index (χ0n) is 18.4. The van der Waals surface area contributed by atoms with E-state index in [0.29, 0.717) is 12.1 Å². The van der Waals surface area contributed by atoms with Crippen molar-refractivity contribution in [2.24, 2.45) is 0 Å². The predicted molar refractivity (Wildman–Crippen MR) is 122 cm³/mol. The zero-order valence-corrected chi connectivity index (χ0v) is 18.4. The molecule has 160 valence electrons. The molecular weight excluding hydrogens is 346 g/mol. The van der Waals surface area contributed by atoms with Gasteiger partial charge in [0.25, 0.3) is 0 Å². The Morgan fingerprint density at radius 3 is 1.82 bits per heavy atom. The summed E-state index contributed by atoms with van der Waals surface area (Å²) >= 11 is 0. The van der Waals surface area contributed by atoms with Crippen LogP contribution in [0.1, 0.15) is 116 Å². The largest absolute Gasteiger partial charge is 0.503 e. The summed E-state index contributed by atoms with van der Waals surface area (Å²) in [5, 5.41) is 9.85. The lowest BCUT2D eigenvalue weighted by Gasteiger charge is -2.08. The monoisotopic (exact) mass is 389 g/mol. The number of nitrogens with zero attached hydrogens (tertiary/aromatic N) is 1. The van der Waals surface area contributed by atoms with Gasteiger partial charge in [-0.25, -0.2) is 0 Å². The molecule has 0 radical (unpaired) electrons. The van der Waals surface area contributed by atoms with E-state index in [1.807, 2.05) is 17.7 Å². The molecule has 3 heteroatoms. The third-order valence-corrected chi connectivity index (χ3v) is 5.53. The van der Waals surface area contributed by atoms with Gasteiger partial charge >= 0.3 is 0 Å². The van der Waals surface area contributed by atoms with Crippen molar-refractivity contribution in [2.45, 2.75) is 117 Å². The lowest BCUT2D eigenvalue weighted by Crippen LogP contribution is -2.08. The van der Waals surface area contributed by atoms with Gasteiger partial charge in [0.1, 0.15) is 0 Å². The smallest absolute Gasteiger partial charge is 0.223 e. The Hall–Kier alpha value is -1.51. The fourth-order valence-corrected chi connectivity index (χ4v) is 3.72. The number of pyridine rings is 1. The van der Waals surface area contributed by atoms with Crippen LogP contribution in [-0.4, -0.2) is 9.67 Å². The lowest BCUT2D eigenvalue weighted by molar-refractivity contribution is 0.457. The maximum atomic E-state index is 11.5. The highest BCUT2D eigenvalue weighted by Crippen LogP contribution is 2.15. The van der Waals surface area contributed by atoms with Gasteiger partial charge in [0.15, 0.2) is 5.75 Å². The van der Waals surface area contributed by atoms with Crippen molar-refractivity contribution in [2.75, 3.05) is 0 Å². The Morgan fingerprint density at radius 2 is 1.32 bits per heavy atom. The number of aromatic hydroxyl groups is 1. The second kappa shape index (κ2) is 16.4. The second-order valence-corrected chi connectivity index (χ2v) is 8.01. The van der Waals surface area contributed by atoms with Crippen molar-refractivity contribution in [1.29, 1.82) is 0 Å². The highest BCUT2D eigenvalue weighted by molar-refractivity contribution is 5.35. The topological polar surface area (TPSA) is 42.2 Å². The SMILES string of the molecule is CCCCCCCCCCCCCCCCC=Cn1ccc(=O)c(O)c1CC. The molecule has 0 saturated carbocycles. The molecule has 0 atom stereocenters. The zero-order chi connectivity index (χ0) is 20.5. The Labute approximate surface area is 172 Å². The first-order chi connectivity index (χ1) is 13.7. The van der Waals surface area contributed by atoms with Crippen LogP contribution < -0.4 is 5.43 Å². The van der Waals surface area contributed by atoms with E-state index in [9.17, 15) is 9.90 Å². The van der Waals surface area contributed by atoms with Crippen LogP contribution in [0, 0.1) is 0 Å². The van der Waals surface area contributed by atoms with Crippen molar-refractivity contribution >= 4 is 6.20 Å². The third-order valence-electron chi connectivity index (χ3n) is 5.53. The number of aromatic nitrogens is 1. The van der Waals surface area contributed by atoms with E-state index in [0.717, 1.165) is 6.42 Å². The van der Waals surface area contributed by atoms with Crippen molar-refractivity contribution in [3.8, 4) is 5.75 Å². The predicted octanol–water partition coefficient (Wildman–Crippen LogP) is 7.46. The molecule has 1 N–H and O–H groups in total. The van der Waals surface area contributed by atoms with Gasteiger partial charge in [0.05, 0.1) is 5.69 Å². The number of hydrogen-bond acceptors (Lipinski definition) is 2. The van der Waals surface area contributed by atoms with Crippen LogP contribution in [0.5, 0.6) is 5.75 Å². The van der Waals surface area contributed by atoms with E-state index in [2.05, 4.69) is 13.0 Å². The van der Waals surface area contributed by atoms with E-state index < -0.39 is 0 Å². The quantitative estimate of drug-likeness (QED) is 0.281. The highest BCUT2D eigenvalue weighted by atomic mass is 16.3. The standard InChI is InChI=1S/C25H43NO2/c1-3-5-6-7-8-9-10-11-12-13-14-15-16-17-18-19-21-26-22-20-24(27)25(28)23(26)4-2/h19-22,28H,3-18H2,1-2H3. The summed E-state index contributed by atoms with van der Waals surface area (Å²) in [5.41, 5.74) is 0.387. The second-order valence-electron chi connectivity index (χ2n) is 8.01. The minimum absolute atomic E-state index is 0.119. The molecule has 1 rings (SSSR count). The summed E-state index contributed by atoms with van der Waals surface area (Å²) in [4.78, 5) is 11.5. The van der Waals surface area contributed by atoms with Crippen molar-refractivity contribution in [3.63, 3.8) is 0 Å². The van der Waals surface area contributed by atoms with Gasteiger partial charge in [0, 0.05) is 18.5 Å². The Kier molecular flexibility index (Phi) is 14.4. The molecule has 0 aliphatic heterocycles. The van der Waals surface area contributed by atoms with Crippen LogP contribution in [0.4, 0.5) is 0 Å². The molecule has 0 aliphatic rings. The van der Waals surface area contributed by atoms with Crippen LogP contribution in [0.3, 0.4) is 0 Å². The van der Waals surface area contributed by atoms with Crippen LogP contribution in [0.2, 0.25) is 0 Å². The molecule has 3 nitrogen and oxygen atoms in total. The maximum Gasteiger partial charge on any atom is 0.223 e. The average molecular weight is 390 g/mol. The molecule has 0 fully saturated rings. The minimum atomic E-state index is -0.298. The summed E-state index contributed by atoms with van der Waals surface area (Å²) in [6, 6.07) is 1.42.